The van der Waals surface area contributed by atoms with E-state index < -0.39 is 12.2 Å². The molecule has 2 atom stereocenters. The number of benzene rings is 1. The van der Waals surface area contributed by atoms with Crippen molar-refractivity contribution in [3.05, 3.63) is 41.3 Å². The van der Waals surface area contributed by atoms with Gasteiger partial charge in [-0.2, -0.15) is 5.26 Å². The van der Waals surface area contributed by atoms with Crippen molar-refractivity contribution in [1.29, 1.82) is 5.26 Å². The van der Waals surface area contributed by atoms with Crippen molar-refractivity contribution in [2.75, 3.05) is 18.0 Å². The fraction of sp³-hybridized carbons (Fsp3) is 0.278. The summed E-state index contributed by atoms with van der Waals surface area (Å²) in [6.45, 7) is 0.884. The minimum absolute atomic E-state index is 0.351. The first-order valence-corrected chi connectivity index (χ1v) is 8.63. The zero-order chi connectivity index (χ0) is 18.3. The lowest BCUT2D eigenvalue weighted by Gasteiger charge is -2.34. The summed E-state index contributed by atoms with van der Waals surface area (Å²) >= 11 is 6.45. The first-order valence-electron chi connectivity index (χ1n) is 8.26. The number of aromatic nitrogens is 3. The molecule has 0 unspecified atom stereocenters. The number of aromatic amines is 1. The van der Waals surface area contributed by atoms with Gasteiger partial charge < -0.3 is 15.6 Å². The van der Waals surface area contributed by atoms with Gasteiger partial charge in [-0.1, -0.05) is 23.7 Å². The van der Waals surface area contributed by atoms with Gasteiger partial charge in [-0.25, -0.2) is 14.4 Å². The Bertz CT molecular complexity index is 1010. The fourth-order valence-electron chi connectivity index (χ4n) is 3.38. The van der Waals surface area contributed by atoms with Gasteiger partial charge >= 0.3 is 0 Å². The van der Waals surface area contributed by atoms with E-state index in [4.69, 9.17) is 17.3 Å². The van der Waals surface area contributed by atoms with Crippen LogP contribution in [0.2, 0.25) is 5.15 Å². The van der Waals surface area contributed by atoms with E-state index in [1.54, 1.807) is 18.2 Å². The summed E-state index contributed by atoms with van der Waals surface area (Å²) in [7, 11) is 0. The maximum Gasteiger partial charge on any atom is 0.144 e. The lowest BCUT2D eigenvalue weighted by atomic mass is 10.0. The van der Waals surface area contributed by atoms with Crippen LogP contribution in [-0.4, -0.2) is 40.3 Å². The number of halogens is 2. The molecule has 6 nitrogen and oxygen atoms in total. The largest absolute Gasteiger partial charge is 0.354 e. The Morgan fingerprint density at radius 3 is 3.00 bits per heavy atom. The average molecular weight is 371 g/mol. The number of hydrogen-bond donors (Lipinski definition) is 2. The van der Waals surface area contributed by atoms with E-state index in [0.717, 1.165) is 16.5 Å². The Balaban J connectivity index is 1.89. The zero-order valence-electron chi connectivity index (χ0n) is 13.8. The van der Waals surface area contributed by atoms with Gasteiger partial charge in [-0.15, -0.1) is 0 Å². The number of rotatable bonds is 2. The van der Waals surface area contributed by atoms with Crippen LogP contribution >= 0.6 is 11.6 Å². The third kappa shape index (κ3) is 2.77. The van der Waals surface area contributed by atoms with E-state index in [1.807, 2.05) is 11.0 Å². The second kappa shape index (κ2) is 6.56. The molecule has 1 aromatic carbocycles. The van der Waals surface area contributed by atoms with E-state index in [0.29, 0.717) is 41.7 Å². The highest BCUT2D eigenvalue weighted by molar-refractivity contribution is 6.35. The summed E-state index contributed by atoms with van der Waals surface area (Å²) in [4.78, 5) is 13.7. The number of nitrogens with zero attached hydrogens (tertiary/aromatic N) is 4. The normalized spacial score (nSPS) is 20.3. The Morgan fingerprint density at radius 2 is 2.23 bits per heavy atom. The molecule has 0 radical (unpaired) electrons. The highest BCUT2D eigenvalue weighted by atomic mass is 35.5. The van der Waals surface area contributed by atoms with Crippen LogP contribution in [0.1, 0.15) is 12.0 Å². The molecular formula is C18H16ClFN6. The summed E-state index contributed by atoms with van der Waals surface area (Å²) in [5, 5.41) is 10.3. The molecule has 0 saturated carbocycles. The number of fused-ring (bicyclic) bond motifs is 1. The van der Waals surface area contributed by atoms with Crippen LogP contribution in [0.5, 0.6) is 0 Å². The summed E-state index contributed by atoms with van der Waals surface area (Å²) in [6.07, 6.45) is 0.794. The van der Waals surface area contributed by atoms with Crippen LogP contribution in [-0.2, 0) is 0 Å². The van der Waals surface area contributed by atoms with Gasteiger partial charge in [0.15, 0.2) is 0 Å². The predicted molar refractivity (Wildman–Crippen MR) is 98.8 cm³/mol. The van der Waals surface area contributed by atoms with Gasteiger partial charge in [0, 0.05) is 18.7 Å². The lowest BCUT2D eigenvalue weighted by Crippen LogP contribution is -2.50. The number of piperidine rings is 1. The number of nitrogens with one attached hydrogen (secondary N) is 1. The fourth-order valence-corrected chi connectivity index (χ4v) is 3.67. The number of alkyl halides is 1. The highest BCUT2D eigenvalue weighted by Crippen LogP contribution is 2.39. The Kier molecular flexibility index (Phi) is 4.23. The number of nitriles is 1. The number of anilines is 1. The maximum atomic E-state index is 13.8. The van der Waals surface area contributed by atoms with E-state index in [2.05, 4.69) is 21.0 Å². The standard InChI is InChI=1S/C18H16ClFN6/c19-16-14(11-3-1-2-10(6-11)7-21)15-17(25-16)23-9-24-18(15)26-5-4-12(20)13(22)8-26/h1-3,6,9,12-13H,4-5,8,22H2,(H,23,24,25)/t12-,13+/m1/s1. The van der Waals surface area contributed by atoms with Gasteiger partial charge in [0.05, 0.1) is 23.1 Å². The smallest absolute Gasteiger partial charge is 0.144 e. The molecule has 3 aromatic rings. The summed E-state index contributed by atoms with van der Waals surface area (Å²) in [5.74, 6) is 0.665. The molecule has 0 bridgehead atoms. The van der Waals surface area contributed by atoms with Crippen LogP contribution < -0.4 is 10.6 Å². The van der Waals surface area contributed by atoms with Crippen molar-refractivity contribution in [3.8, 4) is 17.2 Å². The lowest BCUT2D eigenvalue weighted by molar-refractivity contribution is 0.244. The minimum atomic E-state index is -1.01. The predicted octanol–water partition coefficient (Wildman–Crippen LogP) is 3.03. The number of nitrogens with two attached hydrogens (primary N) is 1. The van der Waals surface area contributed by atoms with Gasteiger partial charge in [-0.05, 0) is 24.1 Å². The van der Waals surface area contributed by atoms with Crippen molar-refractivity contribution in [3.63, 3.8) is 0 Å². The third-order valence-electron chi connectivity index (χ3n) is 4.68. The van der Waals surface area contributed by atoms with Crippen LogP contribution in [0.25, 0.3) is 22.2 Å². The summed E-state index contributed by atoms with van der Waals surface area (Å²) < 4.78 is 13.8. The molecule has 3 heterocycles. The van der Waals surface area contributed by atoms with E-state index in [-0.39, 0.29) is 0 Å². The highest BCUT2D eigenvalue weighted by Gasteiger charge is 2.29. The quantitative estimate of drug-likeness (QED) is 0.723. The molecule has 1 fully saturated rings. The van der Waals surface area contributed by atoms with Crippen molar-refractivity contribution in [2.24, 2.45) is 5.73 Å². The van der Waals surface area contributed by atoms with Gasteiger partial charge in [-0.3, -0.25) is 0 Å². The zero-order valence-corrected chi connectivity index (χ0v) is 14.5. The molecule has 1 saturated heterocycles. The van der Waals surface area contributed by atoms with Crippen LogP contribution in [0.4, 0.5) is 10.2 Å². The van der Waals surface area contributed by atoms with Crippen molar-refractivity contribution in [1.82, 2.24) is 15.0 Å². The molecule has 0 aliphatic carbocycles. The molecule has 8 heteroatoms. The molecule has 0 amide bonds. The van der Waals surface area contributed by atoms with E-state index in [1.165, 1.54) is 6.33 Å². The second-order valence-corrected chi connectivity index (χ2v) is 6.72. The van der Waals surface area contributed by atoms with E-state index >= 15 is 0 Å². The molecule has 1 aliphatic heterocycles. The molecule has 2 aromatic heterocycles. The SMILES string of the molecule is N#Cc1cccc(-c2c(Cl)[nH]c3ncnc(N4CC[C@@H](F)[C@@H](N)C4)c23)c1. The van der Waals surface area contributed by atoms with Crippen LogP contribution in [0, 0.1) is 11.3 Å². The second-order valence-electron chi connectivity index (χ2n) is 6.34. The average Bonchev–Trinajstić information content (AvgIpc) is 3.00. The first-order chi connectivity index (χ1) is 12.6. The molecule has 26 heavy (non-hydrogen) atoms. The summed E-state index contributed by atoms with van der Waals surface area (Å²) in [5.41, 5.74) is 8.56. The van der Waals surface area contributed by atoms with Gasteiger partial charge in [0.2, 0.25) is 0 Å². The minimum Gasteiger partial charge on any atom is -0.354 e. The number of H-pyrrole nitrogens is 1. The molecule has 132 valence electrons. The monoisotopic (exact) mass is 370 g/mol. The topological polar surface area (TPSA) is 94.6 Å². The molecule has 4 rings (SSSR count). The maximum absolute atomic E-state index is 13.8. The number of hydrogen-bond acceptors (Lipinski definition) is 5. The molecular weight excluding hydrogens is 355 g/mol. The van der Waals surface area contributed by atoms with Gasteiger partial charge in [0.25, 0.3) is 0 Å². The Morgan fingerprint density at radius 1 is 1.38 bits per heavy atom. The van der Waals surface area contributed by atoms with Crippen molar-refractivity contribution >= 4 is 28.5 Å². The Labute approximate surface area is 154 Å². The third-order valence-corrected chi connectivity index (χ3v) is 4.96. The van der Waals surface area contributed by atoms with Crippen molar-refractivity contribution < 1.29 is 4.39 Å². The molecule has 3 N–H and O–H groups in total. The summed E-state index contributed by atoms with van der Waals surface area (Å²) in [6, 6.07) is 8.75. The Hall–Kier alpha value is -2.69. The molecule has 1 aliphatic rings. The van der Waals surface area contributed by atoms with Crippen LogP contribution in [0.3, 0.4) is 0 Å². The van der Waals surface area contributed by atoms with Crippen LogP contribution in [0.15, 0.2) is 30.6 Å². The first kappa shape index (κ1) is 16.8. The van der Waals surface area contributed by atoms with E-state index in [9.17, 15) is 9.65 Å². The van der Waals surface area contributed by atoms with Gasteiger partial charge in [0.1, 0.15) is 29.1 Å². The van der Waals surface area contributed by atoms with Crippen molar-refractivity contribution in [2.45, 2.75) is 18.6 Å². The molecule has 0 spiro atoms.